The summed E-state index contributed by atoms with van der Waals surface area (Å²) in [4.78, 5) is 0.414. The molecular weight excluding hydrogens is 302 g/mol. The van der Waals surface area contributed by atoms with Gasteiger partial charge in [-0.25, -0.2) is 8.42 Å². The quantitative estimate of drug-likeness (QED) is 0.877. The van der Waals surface area contributed by atoms with Crippen LogP contribution in [0.25, 0.3) is 6.08 Å². The van der Waals surface area contributed by atoms with E-state index in [9.17, 15) is 8.42 Å². The van der Waals surface area contributed by atoms with Gasteiger partial charge in [-0.2, -0.15) is 0 Å². The first-order chi connectivity index (χ1) is 10.5. The predicted octanol–water partition coefficient (Wildman–Crippen LogP) is 2.48. The number of hydrogen-bond donors (Lipinski definition) is 1. The number of sulfone groups is 1. The first-order valence-electron chi connectivity index (χ1n) is 6.64. The van der Waals surface area contributed by atoms with Gasteiger partial charge in [0.25, 0.3) is 0 Å². The Morgan fingerprint density at radius 2 is 1.77 bits per heavy atom. The van der Waals surface area contributed by atoms with Crippen LogP contribution in [-0.2, 0) is 9.84 Å². The zero-order valence-electron chi connectivity index (χ0n) is 11.9. The van der Waals surface area contributed by atoms with Gasteiger partial charge in [-0.05, 0) is 30.3 Å². The van der Waals surface area contributed by atoms with Crippen molar-refractivity contribution in [2.45, 2.75) is 4.90 Å². The maximum Gasteiger partial charge on any atom is 0.206 e. The number of nitrogen functional groups attached to an aromatic ring is 1. The molecule has 22 heavy (non-hydrogen) atoms. The van der Waals surface area contributed by atoms with E-state index in [1.54, 1.807) is 42.5 Å². The van der Waals surface area contributed by atoms with Gasteiger partial charge in [0.2, 0.25) is 9.84 Å². The lowest BCUT2D eigenvalue weighted by molar-refractivity contribution is 0.324. The topological polar surface area (TPSA) is 78.6 Å². The Hall–Kier alpha value is -2.47. The lowest BCUT2D eigenvalue weighted by Crippen LogP contribution is -2.09. The second kappa shape index (κ2) is 5.38. The second-order valence-corrected chi connectivity index (χ2v) is 6.78. The van der Waals surface area contributed by atoms with Crippen LogP contribution in [0.15, 0.2) is 52.3 Å². The molecule has 0 atom stereocenters. The van der Waals surface area contributed by atoms with E-state index in [1.165, 1.54) is 7.11 Å². The van der Waals surface area contributed by atoms with Gasteiger partial charge in [0.1, 0.15) is 6.61 Å². The fourth-order valence-corrected chi connectivity index (χ4v) is 3.83. The standard InChI is InChI=1S/C16H15NO4S/c1-20-14-6-2-3-7-15(14)21-10-11-9-12-13(17)5-4-8-16(12)22(11,18)19/h2-9H,10,17H2,1H3. The van der Waals surface area contributed by atoms with Gasteiger partial charge in [-0.15, -0.1) is 0 Å². The Kier molecular flexibility index (Phi) is 3.54. The third-order valence-electron chi connectivity index (χ3n) is 3.48. The third kappa shape index (κ3) is 2.31. The highest BCUT2D eigenvalue weighted by molar-refractivity contribution is 7.95. The smallest absolute Gasteiger partial charge is 0.206 e. The number of methoxy groups -OCH3 is 1. The highest BCUT2D eigenvalue weighted by Crippen LogP contribution is 2.36. The molecule has 2 N–H and O–H groups in total. The first kappa shape index (κ1) is 14.5. The fourth-order valence-electron chi connectivity index (χ4n) is 2.34. The molecule has 0 amide bonds. The van der Waals surface area contributed by atoms with Gasteiger partial charge < -0.3 is 15.2 Å². The maximum absolute atomic E-state index is 12.5. The van der Waals surface area contributed by atoms with Crippen molar-refractivity contribution in [3.8, 4) is 11.5 Å². The second-order valence-electron chi connectivity index (χ2n) is 4.81. The molecule has 0 saturated carbocycles. The van der Waals surface area contributed by atoms with Crippen LogP contribution in [0, 0.1) is 0 Å². The Bertz CT molecular complexity index is 856. The van der Waals surface area contributed by atoms with E-state index in [0.717, 1.165) is 0 Å². The molecule has 0 unspecified atom stereocenters. The monoisotopic (exact) mass is 317 g/mol. The molecule has 0 spiro atoms. The lowest BCUT2D eigenvalue weighted by Gasteiger charge is -2.10. The molecular formula is C16H15NO4S. The average Bonchev–Trinajstić information content (AvgIpc) is 2.78. The largest absolute Gasteiger partial charge is 0.493 e. The number of nitrogens with two attached hydrogens (primary N) is 1. The molecule has 0 aromatic heterocycles. The normalized spacial score (nSPS) is 15.0. The SMILES string of the molecule is COc1ccccc1OCC1=Cc2c(N)cccc2S1(=O)=O. The Balaban J connectivity index is 1.89. The number of anilines is 1. The van der Waals surface area contributed by atoms with Gasteiger partial charge in [0, 0.05) is 11.3 Å². The summed E-state index contributed by atoms with van der Waals surface area (Å²) in [5, 5.41) is 0. The number of rotatable bonds is 4. The van der Waals surface area contributed by atoms with E-state index in [1.807, 2.05) is 6.07 Å². The predicted molar refractivity (Wildman–Crippen MR) is 84.5 cm³/mol. The number of para-hydroxylation sites is 2. The van der Waals surface area contributed by atoms with E-state index in [2.05, 4.69) is 0 Å². The zero-order chi connectivity index (χ0) is 15.7. The minimum atomic E-state index is -3.54. The summed E-state index contributed by atoms with van der Waals surface area (Å²) in [6.07, 6.45) is 1.56. The molecule has 114 valence electrons. The average molecular weight is 317 g/mol. The van der Waals surface area contributed by atoms with Crippen LogP contribution in [0.5, 0.6) is 11.5 Å². The number of benzene rings is 2. The van der Waals surface area contributed by atoms with Crippen LogP contribution in [-0.4, -0.2) is 22.1 Å². The molecule has 0 bridgehead atoms. The molecule has 0 radical (unpaired) electrons. The summed E-state index contributed by atoms with van der Waals surface area (Å²) in [5.74, 6) is 1.04. The third-order valence-corrected chi connectivity index (χ3v) is 5.34. The molecule has 6 heteroatoms. The van der Waals surface area contributed by atoms with Crippen molar-refractivity contribution in [1.29, 1.82) is 0 Å². The van der Waals surface area contributed by atoms with Gasteiger partial charge in [0.15, 0.2) is 11.5 Å². The van der Waals surface area contributed by atoms with Gasteiger partial charge in [0.05, 0.1) is 16.9 Å². The molecule has 1 aliphatic heterocycles. The summed E-state index contributed by atoms with van der Waals surface area (Å²) >= 11 is 0. The molecule has 2 aromatic carbocycles. The highest BCUT2D eigenvalue weighted by Gasteiger charge is 2.31. The summed E-state index contributed by atoms with van der Waals surface area (Å²) < 4.78 is 35.7. The van der Waals surface area contributed by atoms with Crippen LogP contribution in [0.3, 0.4) is 0 Å². The maximum atomic E-state index is 12.5. The van der Waals surface area contributed by atoms with Crippen LogP contribution in [0.4, 0.5) is 5.69 Å². The van der Waals surface area contributed by atoms with Gasteiger partial charge in [-0.3, -0.25) is 0 Å². The molecule has 0 saturated heterocycles. The van der Waals surface area contributed by atoms with E-state index in [0.29, 0.717) is 22.7 Å². The van der Waals surface area contributed by atoms with Crippen molar-refractivity contribution >= 4 is 21.6 Å². The summed E-state index contributed by atoms with van der Waals surface area (Å²) in [6.45, 7) is -0.0726. The minimum absolute atomic E-state index is 0.0726. The highest BCUT2D eigenvalue weighted by atomic mass is 32.2. The van der Waals surface area contributed by atoms with E-state index >= 15 is 0 Å². The number of ether oxygens (including phenoxy) is 2. The molecule has 0 aliphatic carbocycles. The lowest BCUT2D eigenvalue weighted by atomic mass is 10.2. The minimum Gasteiger partial charge on any atom is -0.493 e. The number of fused-ring (bicyclic) bond motifs is 1. The van der Waals surface area contributed by atoms with Crippen molar-refractivity contribution in [2.24, 2.45) is 0 Å². The molecule has 0 fully saturated rings. The Labute approximate surface area is 128 Å². The molecule has 3 rings (SSSR count). The Morgan fingerprint density at radius 1 is 1.05 bits per heavy atom. The van der Waals surface area contributed by atoms with E-state index in [4.69, 9.17) is 15.2 Å². The van der Waals surface area contributed by atoms with Crippen molar-refractivity contribution in [2.75, 3.05) is 19.5 Å². The van der Waals surface area contributed by atoms with Crippen molar-refractivity contribution < 1.29 is 17.9 Å². The summed E-state index contributed by atoms with van der Waals surface area (Å²) in [7, 11) is -2.01. The van der Waals surface area contributed by atoms with Crippen molar-refractivity contribution in [3.63, 3.8) is 0 Å². The molecule has 5 nitrogen and oxygen atoms in total. The Morgan fingerprint density at radius 3 is 2.45 bits per heavy atom. The van der Waals surface area contributed by atoms with Gasteiger partial charge in [-0.1, -0.05) is 18.2 Å². The molecule has 2 aromatic rings. The van der Waals surface area contributed by atoms with Crippen LogP contribution < -0.4 is 15.2 Å². The van der Waals surface area contributed by atoms with Crippen molar-refractivity contribution in [1.82, 2.24) is 0 Å². The fraction of sp³-hybridized carbons (Fsp3) is 0.125. The molecule has 1 heterocycles. The zero-order valence-corrected chi connectivity index (χ0v) is 12.8. The molecule has 1 aliphatic rings. The summed E-state index contributed by atoms with van der Waals surface area (Å²) in [6, 6.07) is 11.9. The summed E-state index contributed by atoms with van der Waals surface area (Å²) in [5.41, 5.74) is 6.81. The van der Waals surface area contributed by atoms with Crippen LogP contribution >= 0.6 is 0 Å². The van der Waals surface area contributed by atoms with Gasteiger partial charge >= 0.3 is 0 Å². The van der Waals surface area contributed by atoms with Crippen LogP contribution in [0.2, 0.25) is 0 Å². The first-order valence-corrected chi connectivity index (χ1v) is 8.12. The number of hydrogen-bond acceptors (Lipinski definition) is 5. The van der Waals surface area contributed by atoms with E-state index < -0.39 is 9.84 Å². The van der Waals surface area contributed by atoms with E-state index in [-0.39, 0.29) is 16.4 Å². The van der Waals surface area contributed by atoms with Crippen molar-refractivity contribution in [3.05, 3.63) is 52.9 Å². The van der Waals surface area contributed by atoms with Crippen LogP contribution in [0.1, 0.15) is 5.56 Å².